The molecule has 0 saturated carbocycles. The Morgan fingerprint density at radius 3 is 1.42 bits per heavy atom. The van der Waals surface area contributed by atoms with Crippen molar-refractivity contribution in [1.82, 2.24) is 9.80 Å². The van der Waals surface area contributed by atoms with Crippen LogP contribution in [-0.2, 0) is 22.7 Å². The molecular weight excluding hydrogens is 488 g/mol. The predicted octanol–water partition coefficient (Wildman–Crippen LogP) is 2.21. The third-order valence-corrected chi connectivity index (χ3v) is 6.97. The number of benzene rings is 2. The minimum Gasteiger partial charge on any atom is -0.445 e. The molecule has 2 fully saturated rings. The molecule has 0 unspecified atom stereocenters. The lowest BCUT2D eigenvalue weighted by Gasteiger charge is -2.40. The van der Waals surface area contributed by atoms with E-state index >= 15 is 0 Å². The normalized spacial score (nSPS) is 27.1. The van der Waals surface area contributed by atoms with Crippen molar-refractivity contribution in [1.29, 1.82) is 0 Å². The summed E-state index contributed by atoms with van der Waals surface area (Å²) in [5, 5.41) is 20.1. The summed E-state index contributed by atoms with van der Waals surface area (Å²) in [6, 6.07) is 18.4. The molecule has 0 aromatic heterocycles. The molecule has 2 aliphatic heterocycles. The molecule has 2 aromatic rings. The van der Waals surface area contributed by atoms with Crippen molar-refractivity contribution in [2.75, 3.05) is 26.2 Å². The molecule has 10 heteroatoms. The lowest BCUT2D eigenvalue weighted by molar-refractivity contribution is -0.0314. The second-order valence-corrected chi connectivity index (χ2v) is 10.4. The molecule has 10 nitrogen and oxygen atoms in total. The summed E-state index contributed by atoms with van der Waals surface area (Å²) >= 11 is 0. The Hall–Kier alpha value is -3.18. The first kappa shape index (κ1) is 29.4. The van der Waals surface area contributed by atoms with Crippen LogP contribution < -0.4 is 11.5 Å². The van der Waals surface area contributed by atoms with Gasteiger partial charge in [-0.3, -0.25) is 0 Å². The molecule has 2 aliphatic rings. The van der Waals surface area contributed by atoms with Gasteiger partial charge in [-0.05, 0) is 37.8 Å². The molecular formula is C28H40N4O6. The Morgan fingerprint density at radius 1 is 0.763 bits per heavy atom. The molecule has 208 valence electrons. The number of piperidine rings is 2. The van der Waals surface area contributed by atoms with Crippen LogP contribution in [0.15, 0.2) is 60.7 Å². The van der Waals surface area contributed by atoms with E-state index in [1.165, 1.54) is 9.80 Å². The Bertz CT molecular complexity index is 951. The topological polar surface area (TPSA) is 152 Å². The van der Waals surface area contributed by atoms with Gasteiger partial charge in [0.15, 0.2) is 0 Å². The molecule has 4 atom stereocenters. The number of nitrogens with two attached hydrogens (primary N) is 2. The Kier molecular flexibility index (Phi) is 10.1. The van der Waals surface area contributed by atoms with Crippen molar-refractivity contribution in [2.24, 2.45) is 11.5 Å². The van der Waals surface area contributed by atoms with Crippen molar-refractivity contribution < 1.29 is 29.3 Å². The lowest BCUT2D eigenvalue weighted by Crippen LogP contribution is -2.59. The van der Waals surface area contributed by atoms with E-state index in [0.717, 1.165) is 11.1 Å². The molecule has 0 aliphatic carbocycles. The molecule has 2 amide bonds. The van der Waals surface area contributed by atoms with Crippen LogP contribution in [0, 0.1) is 0 Å². The van der Waals surface area contributed by atoms with Gasteiger partial charge in [0.25, 0.3) is 0 Å². The van der Waals surface area contributed by atoms with Gasteiger partial charge in [0, 0.05) is 25.2 Å². The van der Waals surface area contributed by atoms with Crippen LogP contribution in [-0.4, -0.2) is 81.7 Å². The van der Waals surface area contributed by atoms with Gasteiger partial charge in [-0.2, -0.15) is 0 Å². The smallest absolute Gasteiger partial charge is 0.410 e. The first-order valence-corrected chi connectivity index (χ1v) is 12.8. The van der Waals surface area contributed by atoms with Gasteiger partial charge in [0.2, 0.25) is 0 Å². The number of β-amino-alcohol motifs (C(OH)–C–C–N with tert-alkyl or cyclic N) is 2. The number of rotatable bonds is 4. The minimum atomic E-state index is -1.05. The Balaban J connectivity index is 0.000000211. The molecule has 38 heavy (non-hydrogen) atoms. The SMILES string of the molecule is C[C@@]1(O)CN(C(=O)OCc2ccccc2)CC[C@H]1N.C[C@]1(O)CN(C(=O)OCc2ccccc2)CC[C@@H]1N. The molecule has 6 N–H and O–H groups in total. The van der Waals surface area contributed by atoms with E-state index in [4.69, 9.17) is 20.9 Å². The number of amides is 2. The van der Waals surface area contributed by atoms with Crippen LogP contribution in [0.5, 0.6) is 0 Å². The predicted molar refractivity (Wildman–Crippen MR) is 143 cm³/mol. The minimum absolute atomic E-state index is 0.210. The number of likely N-dealkylation sites (tertiary alicyclic amines) is 2. The quantitative estimate of drug-likeness (QED) is 0.471. The van der Waals surface area contributed by atoms with Gasteiger partial charge >= 0.3 is 12.2 Å². The average molecular weight is 529 g/mol. The van der Waals surface area contributed by atoms with E-state index in [0.29, 0.717) is 25.9 Å². The van der Waals surface area contributed by atoms with Crippen molar-refractivity contribution in [3.63, 3.8) is 0 Å². The second kappa shape index (κ2) is 13.1. The monoisotopic (exact) mass is 528 g/mol. The highest BCUT2D eigenvalue weighted by Crippen LogP contribution is 2.21. The fraction of sp³-hybridized carbons (Fsp3) is 0.500. The summed E-state index contributed by atoms with van der Waals surface area (Å²) in [7, 11) is 0. The highest BCUT2D eigenvalue weighted by Gasteiger charge is 2.39. The van der Waals surface area contributed by atoms with E-state index < -0.39 is 23.4 Å². The van der Waals surface area contributed by atoms with Crippen LogP contribution in [0.1, 0.15) is 37.8 Å². The fourth-order valence-corrected chi connectivity index (χ4v) is 4.31. The molecule has 4 rings (SSSR count). The van der Waals surface area contributed by atoms with Crippen molar-refractivity contribution in [2.45, 2.75) is 63.2 Å². The summed E-state index contributed by atoms with van der Waals surface area (Å²) in [4.78, 5) is 26.8. The van der Waals surface area contributed by atoms with Crippen LogP contribution in [0.25, 0.3) is 0 Å². The van der Waals surface area contributed by atoms with Crippen LogP contribution in [0.3, 0.4) is 0 Å². The summed E-state index contributed by atoms with van der Waals surface area (Å²) < 4.78 is 10.5. The van der Waals surface area contributed by atoms with Gasteiger partial charge in [-0.1, -0.05) is 60.7 Å². The van der Waals surface area contributed by atoms with Crippen LogP contribution in [0.2, 0.25) is 0 Å². The zero-order chi connectivity index (χ0) is 27.8. The first-order chi connectivity index (χ1) is 18.0. The average Bonchev–Trinajstić information content (AvgIpc) is 2.90. The van der Waals surface area contributed by atoms with Gasteiger partial charge in [0.1, 0.15) is 13.2 Å². The van der Waals surface area contributed by atoms with Crippen LogP contribution in [0.4, 0.5) is 9.59 Å². The highest BCUT2D eigenvalue weighted by atomic mass is 16.6. The van der Waals surface area contributed by atoms with E-state index in [1.54, 1.807) is 13.8 Å². The summed E-state index contributed by atoms with van der Waals surface area (Å²) in [6.45, 7) is 5.23. The number of ether oxygens (including phenoxy) is 2. The molecule has 0 spiro atoms. The lowest BCUT2D eigenvalue weighted by atomic mass is 9.90. The Morgan fingerprint density at radius 2 is 1.11 bits per heavy atom. The van der Waals surface area contributed by atoms with Gasteiger partial charge in [-0.15, -0.1) is 0 Å². The summed E-state index contributed by atoms with van der Waals surface area (Å²) in [6.07, 6.45) is 0.341. The fourth-order valence-electron chi connectivity index (χ4n) is 4.31. The molecule has 0 bridgehead atoms. The van der Waals surface area contributed by atoms with E-state index in [-0.39, 0.29) is 38.4 Å². The molecule has 2 heterocycles. The molecule has 0 radical (unpaired) electrons. The largest absolute Gasteiger partial charge is 0.445 e. The van der Waals surface area contributed by atoms with Crippen molar-refractivity contribution in [3.8, 4) is 0 Å². The maximum Gasteiger partial charge on any atom is 0.410 e. The number of carbonyl (C=O) groups excluding carboxylic acids is 2. The Labute approximate surface area is 224 Å². The van der Waals surface area contributed by atoms with E-state index in [2.05, 4.69) is 0 Å². The third kappa shape index (κ3) is 8.42. The number of nitrogens with zero attached hydrogens (tertiary/aromatic N) is 2. The first-order valence-electron chi connectivity index (χ1n) is 12.8. The van der Waals surface area contributed by atoms with Gasteiger partial charge < -0.3 is 41.0 Å². The molecule has 2 aromatic carbocycles. The van der Waals surface area contributed by atoms with E-state index in [1.807, 2.05) is 60.7 Å². The van der Waals surface area contributed by atoms with Gasteiger partial charge in [-0.25, -0.2) is 9.59 Å². The number of hydrogen-bond donors (Lipinski definition) is 4. The van der Waals surface area contributed by atoms with E-state index in [9.17, 15) is 19.8 Å². The number of aliphatic hydroxyl groups is 2. The second-order valence-electron chi connectivity index (χ2n) is 10.4. The number of carbonyl (C=O) groups is 2. The maximum atomic E-state index is 11.9. The van der Waals surface area contributed by atoms with Crippen LogP contribution >= 0.6 is 0 Å². The zero-order valence-electron chi connectivity index (χ0n) is 22.2. The standard InChI is InChI=1S/2C14H20N2O3/c2*1-14(18)10-16(8-7-12(14)15)13(17)19-9-11-5-3-2-4-6-11/h2*2-6,12,18H,7-10,15H2,1H3/t2*12-,14-/m10/s1. The summed E-state index contributed by atoms with van der Waals surface area (Å²) in [5.74, 6) is 0. The van der Waals surface area contributed by atoms with Crippen molar-refractivity contribution in [3.05, 3.63) is 71.8 Å². The maximum absolute atomic E-state index is 11.9. The number of hydrogen-bond acceptors (Lipinski definition) is 8. The summed E-state index contributed by atoms with van der Waals surface area (Å²) in [5.41, 5.74) is 11.4. The van der Waals surface area contributed by atoms with Crippen molar-refractivity contribution >= 4 is 12.2 Å². The van der Waals surface area contributed by atoms with Gasteiger partial charge in [0.05, 0.1) is 24.3 Å². The molecule has 2 saturated heterocycles. The zero-order valence-corrected chi connectivity index (χ0v) is 22.2. The third-order valence-electron chi connectivity index (χ3n) is 6.97. The highest BCUT2D eigenvalue weighted by molar-refractivity contribution is 5.68.